The largest absolute Gasteiger partial charge is 0.324 e. The van der Waals surface area contributed by atoms with Crippen LogP contribution in [-0.2, 0) is 4.79 Å². The van der Waals surface area contributed by atoms with Gasteiger partial charge in [-0.1, -0.05) is 26.0 Å². The Morgan fingerprint density at radius 3 is 2.50 bits per heavy atom. The smallest absolute Gasteiger partial charge is 0.232 e. The Morgan fingerprint density at radius 1 is 1.12 bits per heavy atom. The molecule has 24 heavy (non-hydrogen) atoms. The number of hydrogen-bond acceptors (Lipinski definition) is 2. The fourth-order valence-corrected chi connectivity index (χ4v) is 6.95. The van der Waals surface area contributed by atoms with Crippen molar-refractivity contribution in [3.8, 4) is 0 Å². The molecule has 6 rings (SSSR count). The molecule has 4 nitrogen and oxygen atoms in total. The second-order valence-electron chi connectivity index (χ2n) is 9.47. The molecule has 4 aliphatic carbocycles. The van der Waals surface area contributed by atoms with Crippen LogP contribution in [0.25, 0.3) is 11.0 Å². The first-order chi connectivity index (χ1) is 11.4. The summed E-state index contributed by atoms with van der Waals surface area (Å²) >= 11 is 0. The van der Waals surface area contributed by atoms with Gasteiger partial charge in [-0.15, -0.1) is 0 Å². The standard InChI is InChI=1S/C20H25N3O/c1-18-7-13-8-19(2,10-18)12-20(9-13,11-18)16(24)23-17-21-14-5-3-4-6-15(14)22-17/h3-6,13H,7-12H2,1-2H3,(H2,21,22,23,24). The van der Waals surface area contributed by atoms with Crippen LogP contribution < -0.4 is 5.32 Å². The molecule has 4 heteroatoms. The summed E-state index contributed by atoms with van der Waals surface area (Å²) in [5.41, 5.74) is 2.37. The lowest BCUT2D eigenvalue weighted by Gasteiger charge is -2.64. The molecule has 1 aromatic carbocycles. The molecule has 4 fully saturated rings. The van der Waals surface area contributed by atoms with E-state index in [1.165, 1.54) is 19.3 Å². The van der Waals surface area contributed by atoms with Gasteiger partial charge in [0.25, 0.3) is 0 Å². The Hall–Kier alpha value is -1.84. The number of benzene rings is 1. The second-order valence-corrected chi connectivity index (χ2v) is 9.47. The lowest BCUT2D eigenvalue weighted by molar-refractivity contribution is -0.165. The summed E-state index contributed by atoms with van der Waals surface area (Å²) in [5.74, 6) is 1.49. The topological polar surface area (TPSA) is 57.8 Å². The van der Waals surface area contributed by atoms with Crippen LogP contribution in [0.2, 0.25) is 0 Å². The lowest BCUT2D eigenvalue weighted by Crippen LogP contribution is -2.58. The fraction of sp³-hybridized carbons (Fsp3) is 0.600. The van der Waals surface area contributed by atoms with Crippen molar-refractivity contribution in [3.63, 3.8) is 0 Å². The van der Waals surface area contributed by atoms with Gasteiger partial charge in [0.15, 0.2) is 0 Å². The van der Waals surface area contributed by atoms with Crippen molar-refractivity contribution in [1.82, 2.24) is 9.97 Å². The van der Waals surface area contributed by atoms with E-state index >= 15 is 0 Å². The zero-order chi connectivity index (χ0) is 16.6. The van der Waals surface area contributed by atoms with Gasteiger partial charge in [0.05, 0.1) is 16.4 Å². The molecular weight excluding hydrogens is 298 g/mol. The van der Waals surface area contributed by atoms with Gasteiger partial charge in [-0.3, -0.25) is 10.1 Å². The number of nitrogens with one attached hydrogen (secondary N) is 2. The van der Waals surface area contributed by atoms with Gasteiger partial charge in [-0.05, 0) is 67.4 Å². The number of aromatic nitrogens is 2. The molecule has 2 N–H and O–H groups in total. The molecule has 4 saturated carbocycles. The SMILES string of the molecule is CC12CC3CC(C)(C1)CC(C(=O)Nc1nc4ccccc4[nH]1)(C3)C2. The third-order valence-corrected chi connectivity index (χ3v) is 6.73. The van der Waals surface area contributed by atoms with E-state index in [-0.39, 0.29) is 11.3 Å². The van der Waals surface area contributed by atoms with Crippen LogP contribution in [0.4, 0.5) is 5.95 Å². The lowest BCUT2D eigenvalue weighted by atomic mass is 9.40. The van der Waals surface area contributed by atoms with Crippen LogP contribution >= 0.6 is 0 Å². The number of H-pyrrole nitrogens is 1. The van der Waals surface area contributed by atoms with E-state index in [0.29, 0.717) is 16.8 Å². The minimum atomic E-state index is -0.193. The maximum absolute atomic E-state index is 13.3. The van der Waals surface area contributed by atoms with Gasteiger partial charge in [-0.2, -0.15) is 0 Å². The van der Waals surface area contributed by atoms with Crippen molar-refractivity contribution < 1.29 is 4.79 Å². The number of imidazole rings is 1. The van der Waals surface area contributed by atoms with Crippen molar-refractivity contribution in [3.05, 3.63) is 24.3 Å². The quantitative estimate of drug-likeness (QED) is 0.855. The summed E-state index contributed by atoms with van der Waals surface area (Å²) < 4.78 is 0. The molecular formula is C20H25N3O. The molecule has 126 valence electrons. The van der Waals surface area contributed by atoms with E-state index in [1.807, 2.05) is 24.3 Å². The fourth-order valence-electron chi connectivity index (χ4n) is 6.95. The Morgan fingerprint density at radius 2 is 1.83 bits per heavy atom. The first kappa shape index (κ1) is 14.5. The minimum absolute atomic E-state index is 0.183. The van der Waals surface area contributed by atoms with Crippen LogP contribution in [0.5, 0.6) is 0 Å². The van der Waals surface area contributed by atoms with Gasteiger partial charge in [0.1, 0.15) is 0 Å². The molecule has 2 atom stereocenters. The minimum Gasteiger partial charge on any atom is -0.324 e. The van der Waals surface area contributed by atoms with Crippen LogP contribution in [0, 0.1) is 22.2 Å². The molecule has 1 amide bonds. The monoisotopic (exact) mass is 323 g/mol. The predicted molar refractivity (Wildman–Crippen MR) is 94.6 cm³/mol. The summed E-state index contributed by atoms with van der Waals surface area (Å²) in [7, 11) is 0. The summed E-state index contributed by atoms with van der Waals surface area (Å²) in [6.45, 7) is 4.80. The number of fused-ring (bicyclic) bond motifs is 1. The highest BCUT2D eigenvalue weighted by Gasteiger charge is 2.62. The van der Waals surface area contributed by atoms with Gasteiger partial charge < -0.3 is 4.98 Å². The molecule has 4 bridgehead atoms. The van der Waals surface area contributed by atoms with Gasteiger partial charge in [-0.25, -0.2) is 4.98 Å². The molecule has 2 aromatic rings. The highest BCUT2D eigenvalue weighted by Crippen LogP contribution is 2.69. The van der Waals surface area contributed by atoms with E-state index in [2.05, 4.69) is 29.1 Å². The van der Waals surface area contributed by atoms with Gasteiger partial charge >= 0.3 is 0 Å². The molecule has 1 heterocycles. The summed E-state index contributed by atoms with van der Waals surface area (Å²) in [5, 5.41) is 3.12. The van der Waals surface area contributed by atoms with Gasteiger partial charge in [0, 0.05) is 0 Å². The predicted octanol–water partition coefficient (Wildman–Crippen LogP) is 4.50. The number of aromatic amines is 1. The number of rotatable bonds is 2. The Balaban J connectivity index is 1.46. The number of para-hydroxylation sites is 2. The normalized spacial score (nSPS) is 40.2. The van der Waals surface area contributed by atoms with Crippen molar-refractivity contribution in [2.75, 3.05) is 5.32 Å². The van der Waals surface area contributed by atoms with Gasteiger partial charge in [0.2, 0.25) is 11.9 Å². The average Bonchev–Trinajstić information content (AvgIpc) is 2.85. The zero-order valence-corrected chi connectivity index (χ0v) is 14.5. The highest BCUT2D eigenvalue weighted by atomic mass is 16.2. The molecule has 0 spiro atoms. The molecule has 0 radical (unpaired) electrons. The Kier molecular flexibility index (Phi) is 2.66. The number of anilines is 1. The second kappa shape index (κ2) is 4.41. The number of carbonyl (C=O) groups excluding carboxylic acids is 1. The van der Waals surface area contributed by atoms with E-state index < -0.39 is 0 Å². The number of nitrogens with zero attached hydrogens (tertiary/aromatic N) is 1. The molecule has 4 aliphatic rings. The zero-order valence-electron chi connectivity index (χ0n) is 14.5. The van der Waals surface area contributed by atoms with E-state index in [1.54, 1.807) is 0 Å². The van der Waals surface area contributed by atoms with Crippen molar-refractivity contribution in [1.29, 1.82) is 0 Å². The number of amides is 1. The maximum atomic E-state index is 13.3. The summed E-state index contributed by atoms with van der Waals surface area (Å²) in [6.07, 6.45) is 7.04. The van der Waals surface area contributed by atoms with Crippen LogP contribution in [0.3, 0.4) is 0 Å². The molecule has 2 unspecified atom stereocenters. The third kappa shape index (κ3) is 2.04. The number of carbonyl (C=O) groups is 1. The van der Waals surface area contributed by atoms with Crippen LogP contribution in [0.15, 0.2) is 24.3 Å². The average molecular weight is 323 g/mol. The Bertz CT molecular complexity index is 787. The van der Waals surface area contributed by atoms with E-state index in [4.69, 9.17) is 0 Å². The molecule has 0 aliphatic heterocycles. The highest BCUT2D eigenvalue weighted by molar-refractivity contribution is 5.95. The summed E-state index contributed by atoms with van der Waals surface area (Å²) in [6, 6.07) is 7.90. The third-order valence-electron chi connectivity index (χ3n) is 6.73. The van der Waals surface area contributed by atoms with Crippen molar-refractivity contribution >= 4 is 22.9 Å². The summed E-state index contributed by atoms with van der Waals surface area (Å²) in [4.78, 5) is 21.0. The van der Waals surface area contributed by atoms with E-state index in [0.717, 1.165) is 36.2 Å². The molecule has 1 aromatic heterocycles. The van der Waals surface area contributed by atoms with Crippen molar-refractivity contribution in [2.45, 2.75) is 52.4 Å². The maximum Gasteiger partial charge on any atom is 0.232 e. The first-order valence-electron chi connectivity index (χ1n) is 9.14. The molecule has 0 saturated heterocycles. The van der Waals surface area contributed by atoms with E-state index in [9.17, 15) is 4.79 Å². The van der Waals surface area contributed by atoms with Crippen LogP contribution in [-0.4, -0.2) is 15.9 Å². The van der Waals surface area contributed by atoms with Crippen LogP contribution in [0.1, 0.15) is 52.4 Å². The van der Waals surface area contributed by atoms with Crippen molar-refractivity contribution in [2.24, 2.45) is 22.2 Å². The number of hydrogen-bond donors (Lipinski definition) is 2. The first-order valence-corrected chi connectivity index (χ1v) is 9.14. The Labute approximate surface area is 142 Å².